The van der Waals surface area contributed by atoms with Crippen LogP contribution in [0.3, 0.4) is 0 Å². The summed E-state index contributed by atoms with van der Waals surface area (Å²) in [6, 6.07) is 22.4. The Balaban J connectivity index is 0. The minimum Gasteiger partial charge on any atom is 2.00 e. The number of nitrogens with zero attached hydrogens (tertiary/aromatic N) is 2. The predicted octanol–water partition coefficient (Wildman–Crippen LogP) is 2.56. The van der Waals surface area contributed by atoms with Gasteiger partial charge in [-0.05, 0) is 28.2 Å². The van der Waals surface area contributed by atoms with Gasteiger partial charge < -0.3 is 9.80 Å². The molecule has 0 N–H and O–H groups in total. The Bertz CT molecular complexity index is 437. The summed E-state index contributed by atoms with van der Waals surface area (Å²) >= 11 is 0.117. The average molecular weight is 554 g/mol. The molecule has 0 aliphatic heterocycles. The molecule has 0 fully saturated rings. The molecular weight excluding hydrogens is 528 g/mol. The summed E-state index contributed by atoms with van der Waals surface area (Å²) in [7, 11) is 16.7. The standard InChI is InChI=1S/2C9H12N.2ClH.2Pd/c2*1-10(2)8-9-6-4-3-5-7-9;;;;/h2*3-6H,8H2,1-2H3;2*1H;;/q2*-1;;;2*+2. The van der Waals surface area contributed by atoms with E-state index in [0.717, 1.165) is 13.1 Å². The summed E-state index contributed by atoms with van der Waals surface area (Å²) in [6.07, 6.45) is 0. The second-order valence-corrected chi connectivity index (χ2v) is 8.06. The molecular formula is C18H26Cl2N2Pd2+2. The van der Waals surface area contributed by atoms with Gasteiger partial charge in [-0.2, -0.15) is 60.7 Å². The van der Waals surface area contributed by atoms with Crippen LogP contribution < -0.4 is 0 Å². The summed E-state index contributed by atoms with van der Waals surface area (Å²) < 4.78 is 0. The van der Waals surface area contributed by atoms with Gasteiger partial charge in [0.05, 0.1) is 0 Å². The largest absolute Gasteiger partial charge is 2.00 e. The van der Waals surface area contributed by atoms with Crippen LogP contribution in [0.4, 0.5) is 0 Å². The van der Waals surface area contributed by atoms with E-state index in [1.807, 2.05) is 36.4 Å². The normalized spacial score (nSPS) is 9.50. The van der Waals surface area contributed by atoms with Gasteiger partial charge in [-0.15, -0.1) is 11.1 Å². The second kappa shape index (κ2) is 18.1. The monoisotopic (exact) mass is 552 g/mol. The van der Waals surface area contributed by atoms with Gasteiger partial charge in [-0.3, -0.25) is 0 Å². The maximum atomic E-state index is 4.26. The Morgan fingerprint density at radius 1 is 0.792 bits per heavy atom. The summed E-state index contributed by atoms with van der Waals surface area (Å²) in [5.74, 6) is 0. The van der Waals surface area contributed by atoms with E-state index in [0.29, 0.717) is 0 Å². The summed E-state index contributed by atoms with van der Waals surface area (Å²) in [4.78, 5) is 4.26. The van der Waals surface area contributed by atoms with Crippen molar-refractivity contribution in [1.29, 1.82) is 0 Å². The molecule has 0 aromatic heterocycles. The fourth-order valence-electron chi connectivity index (χ4n) is 1.74. The van der Waals surface area contributed by atoms with Gasteiger partial charge in [-0.25, -0.2) is 0 Å². The summed E-state index contributed by atoms with van der Waals surface area (Å²) in [5, 5.41) is 0. The first-order chi connectivity index (χ1) is 11.0. The van der Waals surface area contributed by atoms with Gasteiger partial charge in [0.2, 0.25) is 0 Å². The summed E-state index contributed by atoms with van der Waals surface area (Å²) in [6.45, 7) is 1.95. The van der Waals surface area contributed by atoms with E-state index < -0.39 is 0 Å². The molecule has 0 atom stereocenters. The first-order valence-corrected chi connectivity index (χ1v) is 11.4. The molecule has 0 radical (unpaired) electrons. The number of rotatable bonds is 4. The Labute approximate surface area is 177 Å². The van der Waals surface area contributed by atoms with Crippen LogP contribution in [-0.4, -0.2) is 38.0 Å². The molecule has 0 unspecified atom stereocenters. The van der Waals surface area contributed by atoms with E-state index in [2.05, 4.69) is 81.3 Å². The molecule has 0 aliphatic rings. The fraction of sp³-hybridized carbons (Fsp3) is 0.333. The van der Waals surface area contributed by atoms with Crippen molar-refractivity contribution in [3.8, 4) is 0 Å². The van der Waals surface area contributed by atoms with Crippen LogP contribution in [0.2, 0.25) is 0 Å². The Morgan fingerprint density at radius 2 is 1.12 bits per heavy atom. The van der Waals surface area contributed by atoms with Crippen molar-refractivity contribution >= 4 is 0 Å². The zero-order valence-electron chi connectivity index (χ0n) is 14.4. The molecule has 24 heavy (non-hydrogen) atoms. The van der Waals surface area contributed by atoms with Crippen molar-refractivity contribution in [1.82, 2.24) is 9.80 Å². The van der Waals surface area contributed by atoms with E-state index in [4.69, 9.17) is 0 Å². The quantitative estimate of drug-likeness (QED) is 0.424. The van der Waals surface area contributed by atoms with Gasteiger partial charge in [-0.1, -0.05) is 0 Å². The number of hydrogen-bond acceptors (Lipinski definition) is 2. The topological polar surface area (TPSA) is 6.48 Å². The first-order valence-electron chi connectivity index (χ1n) is 7.04. The minimum atomic E-state index is 0. The van der Waals surface area contributed by atoms with Crippen LogP contribution in [0.15, 0.2) is 48.5 Å². The van der Waals surface area contributed by atoms with Crippen molar-refractivity contribution in [3.05, 3.63) is 71.8 Å². The van der Waals surface area contributed by atoms with Crippen LogP contribution in [0.25, 0.3) is 0 Å². The Hall–Kier alpha value is 0.265. The van der Waals surface area contributed by atoms with Gasteiger partial charge in [0, 0.05) is 13.1 Å². The van der Waals surface area contributed by atoms with Crippen LogP contribution in [-0.2, 0) is 49.5 Å². The van der Waals surface area contributed by atoms with Gasteiger partial charge in [0.15, 0.2) is 0 Å². The zero-order chi connectivity index (χ0) is 17.5. The molecule has 6 heteroatoms. The maximum Gasteiger partial charge on any atom is 2.00 e. The minimum absolute atomic E-state index is 0. The smallest absolute Gasteiger partial charge is 2.00 e. The molecule has 0 spiro atoms. The van der Waals surface area contributed by atoms with Crippen molar-refractivity contribution < 1.29 is 55.4 Å². The van der Waals surface area contributed by atoms with E-state index >= 15 is 0 Å². The second-order valence-electron chi connectivity index (χ2n) is 5.30. The molecule has 0 saturated carbocycles. The Morgan fingerprint density at radius 3 is 1.33 bits per heavy atom. The molecule has 0 saturated heterocycles. The van der Waals surface area contributed by atoms with E-state index in [1.54, 1.807) is 0 Å². The Kier molecular flexibility index (Phi) is 19.9. The molecule has 2 aromatic carbocycles. The van der Waals surface area contributed by atoms with Crippen LogP contribution in [0.1, 0.15) is 11.1 Å². The van der Waals surface area contributed by atoms with Gasteiger partial charge in [0.25, 0.3) is 0 Å². The van der Waals surface area contributed by atoms with Crippen LogP contribution in [0, 0.1) is 31.2 Å². The molecule has 2 nitrogen and oxygen atoms in total. The molecule has 2 aromatic rings. The van der Waals surface area contributed by atoms with Crippen molar-refractivity contribution in [3.63, 3.8) is 0 Å². The molecule has 2 rings (SSSR count). The van der Waals surface area contributed by atoms with Gasteiger partial charge >= 0.3 is 55.4 Å². The average Bonchev–Trinajstić information content (AvgIpc) is 2.49. The fourth-order valence-corrected chi connectivity index (χ4v) is 1.74. The van der Waals surface area contributed by atoms with E-state index in [9.17, 15) is 0 Å². The molecule has 0 bridgehead atoms. The SMILES string of the molecule is CN(C)Cc1[c-]cccc1.CN(C)Cc1[c-]cccc1.[ClH+][Pd][ClH+].[Pd+2]. The molecule has 0 heterocycles. The third kappa shape index (κ3) is 17.1. The third-order valence-corrected chi connectivity index (χ3v) is 2.52. The molecule has 140 valence electrons. The van der Waals surface area contributed by atoms with E-state index in [-0.39, 0.29) is 36.4 Å². The number of benzene rings is 2. The number of hydrogen-bond donors (Lipinski definition) is 0. The van der Waals surface area contributed by atoms with Gasteiger partial charge in [0.1, 0.15) is 0 Å². The van der Waals surface area contributed by atoms with Crippen molar-refractivity contribution in [2.75, 3.05) is 28.2 Å². The van der Waals surface area contributed by atoms with Crippen LogP contribution >= 0.6 is 0 Å². The molecule has 0 amide bonds. The zero-order valence-corrected chi connectivity index (χ0v) is 19.1. The first kappa shape index (κ1) is 26.5. The predicted molar refractivity (Wildman–Crippen MR) is 88.1 cm³/mol. The van der Waals surface area contributed by atoms with Crippen LogP contribution in [0.5, 0.6) is 0 Å². The van der Waals surface area contributed by atoms with Crippen molar-refractivity contribution in [2.24, 2.45) is 0 Å². The van der Waals surface area contributed by atoms with Crippen molar-refractivity contribution in [2.45, 2.75) is 13.1 Å². The van der Waals surface area contributed by atoms with E-state index in [1.165, 1.54) is 11.1 Å². The third-order valence-electron chi connectivity index (χ3n) is 2.52. The molecule has 0 aliphatic carbocycles. The maximum absolute atomic E-state index is 4.26. The number of halogens is 2. The summed E-state index contributed by atoms with van der Waals surface area (Å²) in [5.41, 5.74) is 2.49.